The molecular weight excluding hydrogens is 244 g/mol. The first-order valence-corrected chi connectivity index (χ1v) is 6.83. The fraction of sp³-hybridized carbons (Fsp3) is 0.167. The largest absolute Gasteiger partial charge is 0.320 e. The van der Waals surface area contributed by atoms with Crippen LogP contribution in [-0.4, -0.2) is 4.98 Å². The van der Waals surface area contributed by atoms with Crippen molar-refractivity contribution in [2.45, 2.75) is 19.9 Å². The monoisotopic (exact) mass is 262 g/mol. The Balaban J connectivity index is 2.06. The van der Waals surface area contributed by atoms with E-state index in [1.165, 1.54) is 11.1 Å². The molecule has 3 aromatic rings. The van der Waals surface area contributed by atoms with Crippen LogP contribution in [-0.2, 0) is 0 Å². The van der Waals surface area contributed by atoms with E-state index in [2.05, 4.69) is 48.3 Å². The Labute approximate surface area is 119 Å². The van der Waals surface area contributed by atoms with Gasteiger partial charge in [-0.1, -0.05) is 36.4 Å². The average Bonchev–Trinajstić information content (AvgIpc) is 2.46. The van der Waals surface area contributed by atoms with Crippen molar-refractivity contribution in [1.29, 1.82) is 0 Å². The Morgan fingerprint density at radius 3 is 2.55 bits per heavy atom. The van der Waals surface area contributed by atoms with Crippen LogP contribution in [0.25, 0.3) is 10.9 Å². The van der Waals surface area contributed by atoms with E-state index in [4.69, 9.17) is 5.73 Å². The van der Waals surface area contributed by atoms with Gasteiger partial charge in [0.05, 0.1) is 11.6 Å². The summed E-state index contributed by atoms with van der Waals surface area (Å²) in [4.78, 5) is 4.53. The number of aryl methyl sites for hydroxylation is 2. The van der Waals surface area contributed by atoms with Gasteiger partial charge >= 0.3 is 0 Å². The first-order valence-electron chi connectivity index (χ1n) is 6.83. The highest BCUT2D eigenvalue weighted by atomic mass is 14.7. The number of rotatable bonds is 2. The van der Waals surface area contributed by atoms with Gasteiger partial charge in [-0.25, -0.2) is 0 Å². The molecule has 2 N–H and O–H groups in total. The molecule has 2 nitrogen and oxygen atoms in total. The molecular formula is C18H18N2. The van der Waals surface area contributed by atoms with Crippen LogP contribution in [0.15, 0.2) is 54.6 Å². The summed E-state index contributed by atoms with van der Waals surface area (Å²) in [6.45, 7) is 4.10. The molecule has 1 atom stereocenters. The number of benzene rings is 2. The van der Waals surface area contributed by atoms with E-state index in [0.717, 1.165) is 22.2 Å². The van der Waals surface area contributed by atoms with Crippen molar-refractivity contribution < 1.29 is 0 Å². The lowest BCUT2D eigenvalue weighted by Crippen LogP contribution is -2.13. The lowest BCUT2D eigenvalue weighted by molar-refractivity contribution is 0.863. The number of hydrogen-bond acceptors (Lipinski definition) is 2. The molecule has 0 amide bonds. The normalized spacial score (nSPS) is 12.6. The molecule has 0 radical (unpaired) electrons. The first-order chi connectivity index (χ1) is 9.65. The van der Waals surface area contributed by atoms with Gasteiger partial charge in [0.25, 0.3) is 0 Å². The summed E-state index contributed by atoms with van der Waals surface area (Å²) in [6, 6.07) is 18.6. The van der Waals surface area contributed by atoms with Gasteiger partial charge in [-0.3, -0.25) is 4.98 Å². The number of pyridine rings is 1. The van der Waals surface area contributed by atoms with Crippen molar-refractivity contribution in [2.75, 3.05) is 0 Å². The van der Waals surface area contributed by atoms with Crippen LogP contribution in [0, 0.1) is 13.8 Å². The predicted octanol–water partition coefficient (Wildman–Crippen LogP) is 3.90. The van der Waals surface area contributed by atoms with E-state index in [-0.39, 0.29) is 6.04 Å². The molecule has 0 bridgehead atoms. The van der Waals surface area contributed by atoms with E-state index in [1.807, 2.05) is 25.1 Å². The van der Waals surface area contributed by atoms with Gasteiger partial charge in [-0.2, -0.15) is 0 Å². The molecule has 0 fully saturated rings. The van der Waals surface area contributed by atoms with Gasteiger partial charge in [-0.05, 0) is 48.7 Å². The molecule has 2 aromatic carbocycles. The minimum atomic E-state index is -0.0955. The molecule has 2 heteroatoms. The smallest absolute Gasteiger partial charge is 0.0705 e. The highest BCUT2D eigenvalue weighted by molar-refractivity contribution is 5.79. The molecule has 1 heterocycles. The second-order valence-electron chi connectivity index (χ2n) is 5.24. The van der Waals surface area contributed by atoms with E-state index >= 15 is 0 Å². The van der Waals surface area contributed by atoms with E-state index < -0.39 is 0 Å². The van der Waals surface area contributed by atoms with Gasteiger partial charge < -0.3 is 5.73 Å². The van der Waals surface area contributed by atoms with Gasteiger partial charge in [-0.15, -0.1) is 0 Å². The van der Waals surface area contributed by atoms with Crippen molar-refractivity contribution in [3.8, 4) is 0 Å². The van der Waals surface area contributed by atoms with Crippen molar-refractivity contribution in [2.24, 2.45) is 5.73 Å². The predicted molar refractivity (Wildman–Crippen MR) is 83.7 cm³/mol. The summed E-state index contributed by atoms with van der Waals surface area (Å²) in [5, 5.41) is 1.14. The third kappa shape index (κ3) is 2.30. The third-order valence-electron chi connectivity index (χ3n) is 3.74. The van der Waals surface area contributed by atoms with Gasteiger partial charge in [0.2, 0.25) is 0 Å². The molecule has 0 aliphatic heterocycles. The standard InChI is InChI=1S/C18H18N2/c1-12-5-3-4-6-16(12)18(19)15-9-10-17-14(11-15)8-7-13(2)20-17/h3-11,18H,19H2,1-2H3. The molecule has 0 saturated carbocycles. The maximum atomic E-state index is 6.42. The summed E-state index contributed by atoms with van der Waals surface area (Å²) in [7, 11) is 0. The molecule has 0 aliphatic carbocycles. The maximum Gasteiger partial charge on any atom is 0.0705 e. The molecule has 1 unspecified atom stereocenters. The Hall–Kier alpha value is -2.19. The topological polar surface area (TPSA) is 38.9 Å². The molecule has 0 aliphatic rings. The number of nitrogens with two attached hydrogens (primary N) is 1. The van der Waals surface area contributed by atoms with Crippen molar-refractivity contribution in [3.05, 3.63) is 77.0 Å². The lowest BCUT2D eigenvalue weighted by atomic mass is 9.95. The van der Waals surface area contributed by atoms with Crippen LogP contribution in [0.2, 0.25) is 0 Å². The number of fused-ring (bicyclic) bond motifs is 1. The van der Waals surface area contributed by atoms with Crippen molar-refractivity contribution >= 4 is 10.9 Å². The van der Waals surface area contributed by atoms with Crippen LogP contribution >= 0.6 is 0 Å². The second kappa shape index (κ2) is 5.06. The summed E-state index contributed by atoms with van der Waals surface area (Å²) in [6.07, 6.45) is 0. The SMILES string of the molecule is Cc1ccc2cc(C(N)c3ccccc3C)ccc2n1. The lowest BCUT2D eigenvalue weighted by Gasteiger charge is -2.15. The quantitative estimate of drug-likeness (QED) is 0.760. The molecule has 100 valence electrons. The van der Waals surface area contributed by atoms with Crippen LogP contribution in [0.5, 0.6) is 0 Å². The van der Waals surface area contributed by atoms with Crippen LogP contribution in [0.3, 0.4) is 0 Å². The van der Waals surface area contributed by atoms with Crippen LogP contribution < -0.4 is 5.73 Å². The van der Waals surface area contributed by atoms with E-state index in [1.54, 1.807) is 0 Å². The van der Waals surface area contributed by atoms with Crippen molar-refractivity contribution in [3.63, 3.8) is 0 Å². The average molecular weight is 262 g/mol. The highest BCUT2D eigenvalue weighted by Crippen LogP contribution is 2.25. The first kappa shape index (κ1) is 12.8. The number of hydrogen-bond donors (Lipinski definition) is 1. The fourth-order valence-electron chi connectivity index (χ4n) is 2.55. The minimum Gasteiger partial charge on any atom is -0.320 e. The Morgan fingerprint density at radius 2 is 1.75 bits per heavy atom. The van der Waals surface area contributed by atoms with Crippen LogP contribution in [0.1, 0.15) is 28.4 Å². The Bertz CT molecular complexity index is 762. The second-order valence-corrected chi connectivity index (χ2v) is 5.24. The maximum absolute atomic E-state index is 6.42. The zero-order chi connectivity index (χ0) is 14.1. The van der Waals surface area contributed by atoms with Gasteiger partial charge in [0.1, 0.15) is 0 Å². The molecule has 1 aromatic heterocycles. The van der Waals surface area contributed by atoms with Crippen molar-refractivity contribution in [1.82, 2.24) is 4.98 Å². The van der Waals surface area contributed by atoms with E-state index in [0.29, 0.717) is 0 Å². The summed E-state index contributed by atoms with van der Waals surface area (Å²) >= 11 is 0. The summed E-state index contributed by atoms with van der Waals surface area (Å²) < 4.78 is 0. The minimum absolute atomic E-state index is 0.0955. The van der Waals surface area contributed by atoms with Gasteiger partial charge in [0.15, 0.2) is 0 Å². The summed E-state index contributed by atoms with van der Waals surface area (Å²) in [5.41, 5.74) is 12.0. The zero-order valence-corrected chi connectivity index (χ0v) is 11.8. The number of aromatic nitrogens is 1. The molecule has 20 heavy (non-hydrogen) atoms. The molecule has 0 spiro atoms. The summed E-state index contributed by atoms with van der Waals surface area (Å²) in [5.74, 6) is 0. The third-order valence-corrected chi connectivity index (χ3v) is 3.74. The van der Waals surface area contributed by atoms with E-state index in [9.17, 15) is 0 Å². The Kier molecular flexibility index (Phi) is 3.25. The van der Waals surface area contributed by atoms with Crippen LogP contribution in [0.4, 0.5) is 0 Å². The highest BCUT2D eigenvalue weighted by Gasteiger charge is 2.11. The molecule has 0 saturated heterocycles. The zero-order valence-electron chi connectivity index (χ0n) is 11.8. The molecule has 3 rings (SSSR count). The Morgan fingerprint density at radius 1 is 0.950 bits per heavy atom. The number of nitrogens with zero attached hydrogens (tertiary/aromatic N) is 1. The van der Waals surface area contributed by atoms with Gasteiger partial charge in [0, 0.05) is 11.1 Å². The fourth-order valence-corrected chi connectivity index (χ4v) is 2.55.